The third-order valence-electron chi connectivity index (χ3n) is 4.80. The number of hydrogen-bond donors (Lipinski definition) is 1. The molecule has 0 radical (unpaired) electrons. The van der Waals surface area contributed by atoms with Crippen LogP contribution in [-0.4, -0.2) is 49.1 Å². The minimum Gasteiger partial charge on any atom is -0.481 e. The summed E-state index contributed by atoms with van der Waals surface area (Å²) in [6, 6.07) is 13.9. The van der Waals surface area contributed by atoms with Crippen LogP contribution in [0.15, 0.2) is 57.9 Å². The molecule has 1 amide bonds. The first-order valence-corrected chi connectivity index (χ1v) is 10.6. The number of carbonyl (C=O) groups is 2. The number of benzene rings is 2. The van der Waals surface area contributed by atoms with Crippen molar-refractivity contribution in [2.24, 2.45) is 5.92 Å². The molecule has 1 heterocycles. The topological polar surface area (TPSA) is 91.8 Å². The predicted octanol–water partition coefficient (Wildman–Crippen LogP) is 2.82. The highest BCUT2D eigenvalue weighted by Crippen LogP contribution is 2.31. The lowest BCUT2D eigenvalue weighted by atomic mass is 9.97. The van der Waals surface area contributed by atoms with Crippen LogP contribution in [0.25, 0.3) is 11.1 Å². The minimum atomic E-state index is -3.95. The van der Waals surface area contributed by atoms with Crippen molar-refractivity contribution in [3.05, 3.63) is 53.0 Å². The monoisotopic (exact) mass is 451 g/mol. The molecule has 0 bridgehead atoms. The summed E-state index contributed by atoms with van der Waals surface area (Å²) in [5.74, 6) is -2.73. The molecular weight excluding hydrogens is 434 g/mol. The first-order chi connectivity index (χ1) is 12.7. The number of carbonyl (C=O) groups excluding carboxylic acids is 1. The van der Waals surface area contributed by atoms with E-state index in [0.717, 1.165) is 15.6 Å². The van der Waals surface area contributed by atoms with E-state index in [1.54, 1.807) is 12.1 Å². The number of hydrogen-bond acceptors (Lipinski definition) is 4. The molecule has 1 saturated heterocycles. The summed E-state index contributed by atoms with van der Waals surface area (Å²) in [6.07, 6.45) is -0.329. The third kappa shape index (κ3) is 3.91. The fourth-order valence-electron chi connectivity index (χ4n) is 3.20. The summed E-state index contributed by atoms with van der Waals surface area (Å²) in [5, 5.41) is 8.17. The van der Waals surface area contributed by atoms with E-state index in [-0.39, 0.29) is 23.8 Å². The van der Waals surface area contributed by atoms with E-state index in [4.69, 9.17) is 0 Å². The lowest BCUT2D eigenvalue weighted by Crippen LogP contribution is -2.50. The van der Waals surface area contributed by atoms with Gasteiger partial charge in [0.05, 0.1) is 16.1 Å². The van der Waals surface area contributed by atoms with Crippen LogP contribution in [-0.2, 0) is 19.4 Å². The molecule has 142 valence electrons. The van der Waals surface area contributed by atoms with Crippen LogP contribution in [0.3, 0.4) is 0 Å². The predicted molar refractivity (Wildman–Crippen MR) is 104 cm³/mol. The molecule has 6 nitrogen and oxygen atoms in total. The van der Waals surface area contributed by atoms with Crippen LogP contribution >= 0.6 is 15.9 Å². The molecule has 1 fully saturated rings. The van der Waals surface area contributed by atoms with Crippen molar-refractivity contribution in [3.63, 3.8) is 0 Å². The fourth-order valence-corrected chi connectivity index (χ4v) is 5.33. The average molecular weight is 452 g/mol. The van der Waals surface area contributed by atoms with Crippen LogP contribution in [0.2, 0.25) is 0 Å². The smallest absolute Gasteiger partial charge is 0.309 e. The minimum absolute atomic E-state index is 0.0250. The van der Waals surface area contributed by atoms with Crippen molar-refractivity contribution in [1.82, 2.24) is 4.90 Å². The summed E-state index contributed by atoms with van der Waals surface area (Å²) >= 11 is 3.37. The number of nitrogens with zero attached hydrogens (tertiary/aromatic N) is 1. The maximum atomic E-state index is 13.0. The van der Waals surface area contributed by atoms with E-state index >= 15 is 0 Å². The Labute approximate surface area is 165 Å². The summed E-state index contributed by atoms with van der Waals surface area (Å²) in [7, 11) is -2.47. The van der Waals surface area contributed by atoms with E-state index in [1.165, 1.54) is 24.1 Å². The third-order valence-corrected chi connectivity index (χ3v) is 7.55. The quantitative estimate of drug-likeness (QED) is 0.771. The maximum Gasteiger partial charge on any atom is 0.309 e. The van der Waals surface area contributed by atoms with Gasteiger partial charge in [-0.2, -0.15) is 0 Å². The van der Waals surface area contributed by atoms with Gasteiger partial charge in [0, 0.05) is 24.5 Å². The van der Waals surface area contributed by atoms with Gasteiger partial charge in [-0.25, -0.2) is 8.42 Å². The molecule has 1 N–H and O–H groups in total. The Kier molecular flexibility index (Phi) is 5.39. The van der Waals surface area contributed by atoms with E-state index in [9.17, 15) is 23.1 Å². The number of rotatable bonds is 4. The Bertz CT molecular complexity index is 970. The molecule has 2 aromatic carbocycles. The molecule has 8 heteroatoms. The summed E-state index contributed by atoms with van der Waals surface area (Å²) < 4.78 is 27.0. The molecule has 1 aliphatic heterocycles. The number of carboxylic acid groups (broad SMARTS) is 1. The van der Waals surface area contributed by atoms with Crippen LogP contribution in [0.5, 0.6) is 0 Å². The first kappa shape index (κ1) is 19.6. The van der Waals surface area contributed by atoms with Crippen molar-refractivity contribution >= 4 is 37.6 Å². The number of aliphatic carboxylic acids is 1. The van der Waals surface area contributed by atoms with Crippen molar-refractivity contribution in [3.8, 4) is 11.1 Å². The van der Waals surface area contributed by atoms with Gasteiger partial charge in [0.1, 0.15) is 0 Å². The zero-order chi connectivity index (χ0) is 19.8. The zero-order valence-corrected chi connectivity index (χ0v) is 16.9. The molecule has 2 aromatic rings. The molecular formula is C19H18BrNO5S. The van der Waals surface area contributed by atoms with Gasteiger partial charge >= 0.3 is 5.97 Å². The first-order valence-electron chi connectivity index (χ1n) is 8.27. The van der Waals surface area contributed by atoms with Crippen molar-refractivity contribution in [2.75, 3.05) is 13.6 Å². The Morgan fingerprint density at radius 3 is 2.11 bits per heavy atom. The van der Waals surface area contributed by atoms with Gasteiger partial charge in [0.2, 0.25) is 5.91 Å². The molecule has 0 aromatic heterocycles. The van der Waals surface area contributed by atoms with E-state index in [1.807, 2.05) is 24.3 Å². The second kappa shape index (κ2) is 7.44. The van der Waals surface area contributed by atoms with Gasteiger partial charge in [-0.1, -0.05) is 40.2 Å². The van der Waals surface area contributed by atoms with Crippen LogP contribution in [0, 0.1) is 5.92 Å². The number of amides is 1. The number of piperidine rings is 1. The van der Waals surface area contributed by atoms with Gasteiger partial charge in [0.15, 0.2) is 9.84 Å². The van der Waals surface area contributed by atoms with Gasteiger partial charge in [-0.05, 0) is 35.4 Å². The maximum absolute atomic E-state index is 13.0. The van der Waals surface area contributed by atoms with E-state index < -0.39 is 27.0 Å². The van der Waals surface area contributed by atoms with Crippen LogP contribution in [0.1, 0.15) is 6.42 Å². The van der Waals surface area contributed by atoms with E-state index in [2.05, 4.69) is 15.9 Å². The van der Waals surface area contributed by atoms with Gasteiger partial charge in [0.25, 0.3) is 0 Å². The van der Waals surface area contributed by atoms with Gasteiger partial charge < -0.3 is 10.0 Å². The summed E-state index contributed by atoms with van der Waals surface area (Å²) in [6.45, 7) is -0.116. The summed E-state index contributed by atoms with van der Waals surface area (Å²) in [5.41, 5.74) is 1.77. The Balaban J connectivity index is 1.93. The highest BCUT2D eigenvalue weighted by molar-refractivity contribution is 9.10. The van der Waals surface area contributed by atoms with Gasteiger partial charge in [-0.3, -0.25) is 9.59 Å². The van der Waals surface area contributed by atoms with Crippen molar-refractivity contribution in [1.29, 1.82) is 0 Å². The molecule has 3 rings (SSSR count). The van der Waals surface area contributed by atoms with Gasteiger partial charge in [-0.15, -0.1) is 0 Å². The molecule has 0 saturated carbocycles. The molecule has 1 aliphatic rings. The van der Waals surface area contributed by atoms with E-state index in [0.29, 0.717) is 0 Å². The lowest BCUT2D eigenvalue weighted by molar-refractivity contribution is -0.146. The standard InChI is InChI=1S/C19H18BrNO5S/c1-21-11-16(19(23)24)17(10-18(21)22)27(25,26)15-8-4-13(5-9-15)12-2-6-14(20)7-3-12/h2-9,16-17H,10-11H2,1H3,(H,23,24). The largest absolute Gasteiger partial charge is 0.481 e. The normalized spacial score (nSPS) is 20.5. The second-order valence-corrected chi connectivity index (χ2v) is 9.62. The second-order valence-electron chi connectivity index (χ2n) is 6.54. The molecule has 27 heavy (non-hydrogen) atoms. The van der Waals surface area contributed by atoms with Crippen molar-refractivity contribution < 1.29 is 23.1 Å². The molecule has 2 unspecified atom stereocenters. The molecule has 2 atom stereocenters. The number of likely N-dealkylation sites (tertiary alicyclic amines) is 1. The Hall–Kier alpha value is -2.19. The number of carboxylic acids is 1. The Morgan fingerprint density at radius 1 is 1.07 bits per heavy atom. The number of halogens is 1. The SMILES string of the molecule is CN1CC(C(=O)O)C(S(=O)(=O)c2ccc(-c3ccc(Br)cc3)cc2)CC1=O. The molecule has 0 spiro atoms. The lowest BCUT2D eigenvalue weighted by Gasteiger charge is -2.33. The average Bonchev–Trinajstić information content (AvgIpc) is 2.64. The van der Waals surface area contributed by atoms with Crippen LogP contribution < -0.4 is 0 Å². The zero-order valence-electron chi connectivity index (χ0n) is 14.5. The molecule has 0 aliphatic carbocycles. The van der Waals surface area contributed by atoms with Crippen LogP contribution in [0.4, 0.5) is 0 Å². The highest BCUT2D eigenvalue weighted by atomic mass is 79.9. The highest BCUT2D eigenvalue weighted by Gasteiger charge is 2.45. The fraction of sp³-hybridized carbons (Fsp3) is 0.263. The Morgan fingerprint density at radius 2 is 1.59 bits per heavy atom. The summed E-state index contributed by atoms with van der Waals surface area (Å²) in [4.78, 5) is 24.8. The van der Waals surface area contributed by atoms with Crippen molar-refractivity contribution in [2.45, 2.75) is 16.6 Å². The number of sulfone groups is 1.